The van der Waals surface area contributed by atoms with Crippen LogP contribution >= 0.6 is 0 Å². The summed E-state index contributed by atoms with van der Waals surface area (Å²) in [5.41, 5.74) is 0. The highest BCUT2D eigenvalue weighted by Gasteiger charge is 2.24. The van der Waals surface area contributed by atoms with Crippen molar-refractivity contribution in [2.45, 2.75) is 18.9 Å². The SMILES string of the molecule is C=C/C=C/CN(C)C1CC1. The second-order valence-corrected chi connectivity index (χ2v) is 2.83. The zero-order valence-electron chi connectivity index (χ0n) is 6.59. The molecule has 0 saturated heterocycles. The maximum Gasteiger partial charge on any atom is 0.0166 e. The number of likely N-dealkylation sites (N-methyl/N-ethyl adjacent to an activating group) is 1. The molecule has 0 radical (unpaired) electrons. The van der Waals surface area contributed by atoms with E-state index in [1.54, 1.807) is 0 Å². The Hall–Kier alpha value is -0.560. The quantitative estimate of drug-likeness (QED) is 0.534. The minimum Gasteiger partial charge on any atom is -0.300 e. The molecule has 0 heterocycles. The first kappa shape index (κ1) is 7.55. The topological polar surface area (TPSA) is 3.24 Å². The van der Waals surface area contributed by atoms with Crippen LogP contribution in [0.3, 0.4) is 0 Å². The fourth-order valence-electron chi connectivity index (χ4n) is 0.988. The van der Waals surface area contributed by atoms with Crippen molar-refractivity contribution in [3.05, 3.63) is 24.8 Å². The van der Waals surface area contributed by atoms with Gasteiger partial charge in [-0.3, -0.25) is 4.90 Å². The van der Waals surface area contributed by atoms with Gasteiger partial charge in [0.25, 0.3) is 0 Å². The molecule has 0 aromatic rings. The second kappa shape index (κ2) is 3.57. The summed E-state index contributed by atoms with van der Waals surface area (Å²) in [6.45, 7) is 4.68. The van der Waals surface area contributed by atoms with Crippen LogP contribution in [0.2, 0.25) is 0 Å². The molecule has 0 aromatic heterocycles. The lowest BCUT2D eigenvalue weighted by molar-refractivity contribution is 0.360. The van der Waals surface area contributed by atoms with Crippen molar-refractivity contribution in [1.82, 2.24) is 4.90 Å². The number of nitrogens with zero attached hydrogens (tertiary/aromatic N) is 1. The van der Waals surface area contributed by atoms with Gasteiger partial charge in [0, 0.05) is 12.6 Å². The Morgan fingerprint density at radius 3 is 2.80 bits per heavy atom. The zero-order chi connectivity index (χ0) is 7.40. The summed E-state index contributed by atoms with van der Waals surface area (Å²) in [6.07, 6.45) is 8.74. The number of hydrogen-bond acceptors (Lipinski definition) is 1. The van der Waals surface area contributed by atoms with Crippen molar-refractivity contribution >= 4 is 0 Å². The zero-order valence-corrected chi connectivity index (χ0v) is 6.59. The summed E-state index contributed by atoms with van der Waals surface area (Å²) in [4.78, 5) is 2.38. The molecule has 0 unspecified atom stereocenters. The number of rotatable bonds is 4. The predicted molar refractivity (Wildman–Crippen MR) is 45.0 cm³/mol. The fourth-order valence-corrected chi connectivity index (χ4v) is 0.988. The van der Waals surface area contributed by atoms with E-state index in [0.29, 0.717) is 0 Å². The molecule has 0 aliphatic heterocycles. The molecule has 1 aliphatic carbocycles. The van der Waals surface area contributed by atoms with Crippen LogP contribution in [0, 0.1) is 0 Å². The Labute approximate surface area is 63.0 Å². The smallest absolute Gasteiger partial charge is 0.0166 e. The number of allylic oxidation sites excluding steroid dienone is 2. The van der Waals surface area contributed by atoms with E-state index < -0.39 is 0 Å². The van der Waals surface area contributed by atoms with Crippen molar-refractivity contribution < 1.29 is 0 Å². The van der Waals surface area contributed by atoms with Gasteiger partial charge in [-0.15, -0.1) is 0 Å². The van der Waals surface area contributed by atoms with E-state index >= 15 is 0 Å². The van der Waals surface area contributed by atoms with Gasteiger partial charge in [-0.25, -0.2) is 0 Å². The molecule has 0 aromatic carbocycles. The van der Waals surface area contributed by atoms with Crippen LogP contribution < -0.4 is 0 Å². The Morgan fingerprint density at radius 2 is 2.30 bits per heavy atom. The average Bonchev–Trinajstić information content (AvgIpc) is 2.69. The highest BCUT2D eigenvalue weighted by atomic mass is 15.1. The summed E-state index contributed by atoms with van der Waals surface area (Å²) in [5.74, 6) is 0. The minimum absolute atomic E-state index is 0.870. The first-order valence-electron chi connectivity index (χ1n) is 3.82. The van der Waals surface area contributed by atoms with Gasteiger partial charge >= 0.3 is 0 Å². The molecule has 1 heteroatoms. The maximum atomic E-state index is 3.61. The Balaban J connectivity index is 2.10. The Morgan fingerprint density at radius 1 is 1.60 bits per heavy atom. The van der Waals surface area contributed by atoms with Gasteiger partial charge in [0.1, 0.15) is 0 Å². The Kier molecular flexibility index (Phi) is 2.69. The Bertz CT molecular complexity index is 134. The molecule has 0 spiro atoms. The maximum absolute atomic E-state index is 3.61. The molecule has 1 fully saturated rings. The van der Waals surface area contributed by atoms with Crippen LogP contribution in [0.5, 0.6) is 0 Å². The predicted octanol–water partition coefficient (Wildman–Crippen LogP) is 1.82. The molecule has 0 bridgehead atoms. The standard InChI is InChI=1S/C9H15N/c1-3-4-5-8-10(2)9-6-7-9/h3-5,9H,1,6-8H2,2H3/b5-4+. The van der Waals surface area contributed by atoms with Crippen LogP contribution in [-0.4, -0.2) is 24.5 Å². The summed E-state index contributed by atoms with van der Waals surface area (Å²) < 4.78 is 0. The van der Waals surface area contributed by atoms with E-state index in [4.69, 9.17) is 0 Å². The van der Waals surface area contributed by atoms with Gasteiger partial charge in [-0.05, 0) is 19.9 Å². The van der Waals surface area contributed by atoms with Crippen molar-refractivity contribution in [2.24, 2.45) is 0 Å². The lowest BCUT2D eigenvalue weighted by Crippen LogP contribution is -2.20. The third-order valence-electron chi connectivity index (χ3n) is 1.84. The van der Waals surface area contributed by atoms with E-state index in [2.05, 4.69) is 24.6 Å². The summed E-state index contributed by atoms with van der Waals surface area (Å²) in [6, 6.07) is 0.870. The molecular weight excluding hydrogens is 122 g/mol. The van der Waals surface area contributed by atoms with Crippen molar-refractivity contribution in [2.75, 3.05) is 13.6 Å². The summed E-state index contributed by atoms with van der Waals surface area (Å²) in [5, 5.41) is 0. The molecule has 1 saturated carbocycles. The normalized spacial score (nSPS) is 18.6. The van der Waals surface area contributed by atoms with E-state index in [0.717, 1.165) is 12.6 Å². The molecule has 1 rings (SSSR count). The molecule has 1 aliphatic rings. The average molecular weight is 137 g/mol. The first-order chi connectivity index (χ1) is 4.84. The number of hydrogen-bond donors (Lipinski definition) is 0. The van der Waals surface area contributed by atoms with E-state index in [9.17, 15) is 0 Å². The lowest BCUT2D eigenvalue weighted by atomic mass is 10.4. The van der Waals surface area contributed by atoms with Crippen LogP contribution in [0.25, 0.3) is 0 Å². The molecule has 0 N–H and O–H groups in total. The van der Waals surface area contributed by atoms with Gasteiger partial charge < -0.3 is 0 Å². The molecule has 0 amide bonds. The van der Waals surface area contributed by atoms with E-state index in [1.165, 1.54) is 12.8 Å². The van der Waals surface area contributed by atoms with E-state index in [1.807, 2.05) is 12.2 Å². The molecular formula is C9H15N. The van der Waals surface area contributed by atoms with Gasteiger partial charge in [0.2, 0.25) is 0 Å². The monoisotopic (exact) mass is 137 g/mol. The lowest BCUT2D eigenvalue weighted by Gasteiger charge is -2.11. The van der Waals surface area contributed by atoms with Crippen LogP contribution in [-0.2, 0) is 0 Å². The third-order valence-corrected chi connectivity index (χ3v) is 1.84. The summed E-state index contributed by atoms with van der Waals surface area (Å²) in [7, 11) is 2.17. The van der Waals surface area contributed by atoms with E-state index in [-0.39, 0.29) is 0 Å². The largest absolute Gasteiger partial charge is 0.300 e. The van der Waals surface area contributed by atoms with Gasteiger partial charge in [-0.2, -0.15) is 0 Å². The first-order valence-corrected chi connectivity index (χ1v) is 3.82. The van der Waals surface area contributed by atoms with Crippen LogP contribution in [0.15, 0.2) is 24.8 Å². The van der Waals surface area contributed by atoms with Crippen molar-refractivity contribution in [3.63, 3.8) is 0 Å². The van der Waals surface area contributed by atoms with Crippen LogP contribution in [0.4, 0.5) is 0 Å². The van der Waals surface area contributed by atoms with Crippen molar-refractivity contribution in [1.29, 1.82) is 0 Å². The minimum atomic E-state index is 0.870. The second-order valence-electron chi connectivity index (χ2n) is 2.83. The molecule has 56 valence electrons. The molecule has 10 heavy (non-hydrogen) atoms. The molecule has 1 nitrogen and oxygen atoms in total. The highest BCUT2D eigenvalue weighted by molar-refractivity contribution is 4.99. The van der Waals surface area contributed by atoms with Gasteiger partial charge in [-0.1, -0.05) is 24.8 Å². The van der Waals surface area contributed by atoms with Gasteiger partial charge in [0.15, 0.2) is 0 Å². The fraction of sp³-hybridized carbons (Fsp3) is 0.556. The van der Waals surface area contributed by atoms with Crippen LogP contribution in [0.1, 0.15) is 12.8 Å². The molecule has 0 atom stereocenters. The highest BCUT2D eigenvalue weighted by Crippen LogP contribution is 2.24. The van der Waals surface area contributed by atoms with Crippen molar-refractivity contribution in [3.8, 4) is 0 Å². The van der Waals surface area contributed by atoms with Gasteiger partial charge in [0.05, 0.1) is 0 Å². The third kappa shape index (κ3) is 2.36. The summed E-state index contributed by atoms with van der Waals surface area (Å²) >= 11 is 0.